The molecular weight excluding hydrogens is 496 g/mol. The topological polar surface area (TPSA) is 70.5 Å². The summed E-state index contributed by atoms with van der Waals surface area (Å²) in [4.78, 5) is 22.2. The van der Waals surface area contributed by atoms with Crippen LogP contribution in [0.3, 0.4) is 0 Å². The van der Waals surface area contributed by atoms with Crippen molar-refractivity contribution >= 4 is 17.7 Å². The molecular formula is C30H48N4O3S. The van der Waals surface area contributed by atoms with E-state index in [4.69, 9.17) is 0 Å². The number of carbonyl (C=O) groups excluding carboxylic acids is 1. The van der Waals surface area contributed by atoms with Gasteiger partial charge in [0.1, 0.15) is 0 Å². The first-order valence-corrected chi connectivity index (χ1v) is 15.7. The van der Waals surface area contributed by atoms with Crippen LogP contribution in [0.25, 0.3) is 0 Å². The summed E-state index contributed by atoms with van der Waals surface area (Å²) in [7, 11) is 4.37. The van der Waals surface area contributed by atoms with E-state index in [1.807, 2.05) is 30.5 Å². The van der Waals surface area contributed by atoms with Gasteiger partial charge in [0.05, 0.1) is 11.0 Å². The molecule has 2 saturated heterocycles. The van der Waals surface area contributed by atoms with Gasteiger partial charge in [-0.1, -0.05) is 30.3 Å². The van der Waals surface area contributed by atoms with Crippen molar-refractivity contribution in [1.29, 1.82) is 0 Å². The van der Waals surface area contributed by atoms with Gasteiger partial charge in [0.25, 0.3) is 0 Å². The summed E-state index contributed by atoms with van der Waals surface area (Å²) in [5.74, 6) is 2.19. The smallest absolute Gasteiger partial charge is 0.229 e. The van der Waals surface area contributed by atoms with E-state index >= 15 is 0 Å². The fourth-order valence-electron chi connectivity index (χ4n) is 7.53. The van der Waals surface area contributed by atoms with Crippen LogP contribution in [0, 0.1) is 5.41 Å². The van der Waals surface area contributed by atoms with Gasteiger partial charge in [0, 0.05) is 55.3 Å². The lowest BCUT2D eigenvalue weighted by atomic mass is 9.67. The molecule has 4 aliphatic rings. The van der Waals surface area contributed by atoms with Crippen LogP contribution in [0.5, 0.6) is 0 Å². The number of amides is 1. The van der Waals surface area contributed by atoms with Crippen molar-refractivity contribution in [3.8, 4) is 0 Å². The van der Waals surface area contributed by atoms with Crippen LogP contribution in [0.1, 0.15) is 64.4 Å². The Morgan fingerprint density at radius 2 is 1.68 bits per heavy atom. The number of carbonyl (C=O) groups is 1. The molecule has 2 saturated carbocycles. The van der Waals surface area contributed by atoms with Gasteiger partial charge in [0.2, 0.25) is 5.91 Å². The molecule has 8 heteroatoms. The Balaban J connectivity index is 1.38. The molecule has 2 aliphatic heterocycles. The van der Waals surface area contributed by atoms with Gasteiger partial charge in [-0.05, 0) is 78.5 Å². The fourth-order valence-corrected chi connectivity index (χ4v) is 8.43. The molecule has 0 bridgehead atoms. The minimum absolute atomic E-state index is 0.0363. The number of aliphatic hydroxyl groups is 2. The molecule has 1 amide bonds. The number of β-amino-alcohol motifs (C(OH)–C–C–N with tert-alkyl or cyclic N) is 1. The zero-order chi connectivity index (χ0) is 27.2. The Hall–Kier alpha value is -1.16. The summed E-state index contributed by atoms with van der Waals surface area (Å²) in [5, 5.41) is 23.0. The van der Waals surface area contributed by atoms with Crippen molar-refractivity contribution in [1.82, 2.24) is 19.6 Å². The van der Waals surface area contributed by atoms with Crippen molar-refractivity contribution in [3.05, 3.63) is 35.9 Å². The fraction of sp³-hybridized carbons (Fsp3) is 0.767. The van der Waals surface area contributed by atoms with Gasteiger partial charge < -0.3 is 15.1 Å². The van der Waals surface area contributed by atoms with Crippen molar-refractivity contribution in [2.75, 3.05) is 58.3 Å². The first kappa shape index (κ1) is 28.4. The van der Waals surface area contributed by atoms with Crippen LogP contribution in [0.4, 0.5) is 0 Å². The summed E-state index contributed by atoms with van der Waals surface area (Å²) in [6.45, 7) is 7.44. The molecule has 1 atom stereocenters. The first-order valence-electron chi connectivity index (χ1n) is 14.5. The van der Waals surface area contributed by atoms with Crippen LogP contribution in [0.2, 0.25) is 0 Å². The summed E-state index contributed by atoms with van der Waals surface area (Å²) < 4.78 is 0. The van der Waals surface area contributed by atoms with Crippen LogP contribution in [-0.4, -0.2) is 112 Å². The molecule has 38 heavy (non-hydrogen) atoms. The molecule has 0 radical (unpaired) electrons. The largest absolute Gasteiger partial charge is 0.389 e. The average Bonchev–Trinajstić information content (AvgIpc) is 3.13. The number of hydrogen-bond acceptors (Lipinski definition) is 7. The van der Waals surface area contributed by atoms with Crippen molar-refractivity contribution in [2.24, 2.45) is 5.41 Å². The first-order chi connectivity index (χ1) is 18.0. The number of benzene rings is 1. The molecule has 7 nitrogen and oxygen atoms in total. The highest BCUT2D eigenvalue weighted by Gasteiger charge is 2.57. The van der Waals surface area contributed by atoms with Gasteiger partial charge in [-0.2, -0.15) is 11.8 Å². The third-order valence-electron chi connectivity index (χ3n) is 10.1. The van der Waals surface area contributed by atoms with E-state index in [0.717, 1.165) is 76.1 Å². The molecule has 4 fully saturated rings. The third-order valence-corrected chi connectivity index (χ3v) is 11.1. The van der Waals surface area contributed by atoms with E-state index in [-0.39, 0.29) is 17.0 Å². The second kappa shape index (κ2) is 10.7. The average molecular weight is 545 g/mol. The van der Waals surface area contributed by atoms with E-state index in [0.29, 0.717) is 13.1 Å². The normalized spacial score (nSPS) is 32.6. The molecule has 1 aromatic carbocycles. The van der Waals surface area contributed by atoms with Crippen LogP contribution in [-0.2, 0) is 10.3 Å². The van der Waals surface area contributed by atoms with Crippen LogP contribution >= 0.6 is 11.8 Å². The van der Waals surface area contributed by atoms with E-state index in [1.54, 1.807) is 0 Å². The number of hydrogen-bond donors (Lipinski definition) is 2. The van der Waals surface area contributed by atoms with Crippen molar-refractivity contribution in [2.45, 2.75) is 81.8 Å². The quantitative estimate of drug-likeness (QED) is 0.547. The maximum atomic E-state index is 13.5. The zero-order valence-electron chi connectivity index (χ0n) is 23.9. The highest BCUT2D eigenvalue weighted by atomic mass is 32.2. The van der Waals surface area contributed by atoms with E-state index in [1.165, 1.54) is 5.56 Å². The number of rotatable bonds is 7. The van der Waals surface area contributed by atoms with E-state index in [9.17, 15) is 15.0 Å². The molecule has 1 aromatic rings. The Labute approximate surface area is 233 Å². The Kier molecular flexibility index (Phi) is 7.97. The molecule has 2 heterocycles. The lowest BCUT2D eigenvalue weighted by Gasteiger charge is -2.53. The third kappa shape index (κ3) is 5.17. The minimum Gasteiger partial charge on any atom is -0.389 e. The van der Waals surface area contributed by atoms with Gasteiger partial charge in [0.15, 0.2) is 6.35 Å². The number of aliphatic hydroxyl groups excluding tert-OH is 1. The lowest BCUT2D eigenvalue weighted by molar-refractivity contribution is -0.153. The summed E-state index contributed by atoms with van der Waals surface area (Å²) in [6.07, 6.45) is 5.74. The van der Waals surface area contributed by atoms with Gasteiger partial charge in [-0.25, -0.2) is 0 Å². The summed E-state index contributed by atoms with van der Waals surface area (Å²) >= 11 is 1.91. The molecule has 5 rings (SSSR count). The van der Waals surface area contributed by atoms with Gasteiger partial charge in [-0.3, -0.25) is 19.5 Å². The van der Waals surface area contributed by atoms with Gasteiger partial charge >= 0.3 is 0 Å². The molecule has 1 unspecified atom stereocenters. The zero-order valence-corrected chi connectivity index (χ0v) is 24.7. The monoisotopic (exact) mass is 544 g/mol. The Morgan fingerprint density at radius 3 is 2.24 bits per heavy atom. The maximum Gasteiger partial charge on any atom is 0.229 e. The Morgan fingerprint density at radius 1 is 1.05 bits per heavy atom. The molecule has 2 N–H and O–H groups in total. The standard InChI is InChI=1S/C30H48N4O3S/c1-27(2,25(35)32-17-19-38-20-18-32)21-33-22-28(34(26(33)36)23-29(37)11-8-12-29)13-15-30(16-14-28,31(3)4)24-9-6-5-7-10-24/h5-7,9-10,26,36-37H,8,11-23H2,1-4H3/t26?,28-,30+. The second-order valence-electron chi connectivity index (χ2n) is 13.3. The highest BCUT2D eigenvalue weighted by molar-refractivity contribution is 7.99. The highest BCUT2D eigenvalue weighted by Crippen LogP contribution is 2.51. The molecule has 2 aliphatic carbocycles. The predicted octanol–water partition coefficient (Wildman–Crippen LogP) is 3.17. The molecule has 212 valence electrons. The molecule has 0 aromatic heterocycles. The lowest BCUT2D eigenvalue weighted by Crippen LogP contribution is -2.60. The van der Waals surface area contributed by atoms with E-state index in [2.05, 4.69) is 59.1 Å². The second-order valence-corrected chi connectivity index (χ2v) is 14.5. The maximum absolute atomic E-state index is 13.5. The SMILES string of the molecule is CN(C)[C@]1(c2ccccc2)CC[C@]2(CC1)CN(CC(C)(C)C(=O)N1CCSCC1)C(O)N2CC1(O)CCC1. The van der Waals surface area contributed by atoms with Crippen LogP contribution in [0.15, 0.2) is 30.3 Å². The summed E-state index contributed by atoms with van der Waals surface area (Å²) in [6, 6.07) is 10.8. The van der Waals surface area contributed by atoms with E-state index < -0.39 is 17.4 Å². The molecule has 1 spiro atoms. The number of thioether (sulfide) groups is 1. The van der Waals surface area contributed by atoms with Crippen molar-refractivity contribution in [3.63, 3.8) is 0 Å². The Bertz CT molecular complexity index is 969. The minimum atomic E-state index is -0.785. The van der Waals surface area contributed by atoms with Crippen LogP contribution < -0.4 is 0 Å². The van der Waals surface area contributed by atoms with Gasteiger partial charge in [-0.15, -0.1) is 0 Å². The predicted molar refractivity (Wildman–Crippen MR) is 154 cm³/mol. The van der Waals surface area contributed by atoms with Crippen molar-refractivity contribution < 1.29 is 15.0 Å². The number of nitrogens with zero attached hydrogens (tertiary/aromatic N) is 4. The summed E-state index contributed by atoms with van der Waals surface area (Å²) in [5.41, 5.74) is -0.188.